The number of nitrogens with one attached hydrogen (secondary N) is 1. The van der Waals surface area contributed by atoms with Crippen molar-refractivity contribution in [1.29, 1.82) is 0 Å². The molecule has 2 rings (SSSR count). The van der Waals surface area contributed by atoms with Gasteiger partial charge in [0.2, 0.25) is 0 Å². The Morgan fingerprint density at radius 3 is 2.27 bits per heavy atom. The first-order valence-corrected chi connectivity index (χ1v) is 12.5. The second-order valence-corrected chi connectivity index (χ2v) is 9.08. The summed E-state index contributed by atoms with van der Waals surface area (Å²) in [7, 11) is 0. The zero-order valence-electron chi connectivity index (χ0n) is 19.5. The van der Waals surface area contributed by atoms with E-state index in [1.165, 1.54) is 44.6 Å². The van der Waals surface area contributed by atoms with Crippen molar-refractivity contribution in [3.05, 3.63) is 57.6 Å². The molecule has 33 heavy (non-hydrogen) atoms. The maximum absolute atomic E-state index is 12.2. The van der Waals surface area contributed by atoms with Crippen LogP contribution in [0.3, 0.4) is 0 Å². The minimum absolute atomic E-state index is 0.115. The number of halogens is 2. The third-order valence-corrected chi connectivity index (χ3v) is 6.12. The fourth-order valence-corrected chi connectivity index (χ4v) is 3.82. The molecule has 0 radical (unpaired) electrons. The number of hydrogen-bond donors (Lipinski definition) is 2. The van der Waals surface area contributed by atoms with Crippen molar-refractivity contribution in [3.8, 4) is 5.75 Å². The Hall–Kier alpha value is -2.24. The number of anilines is 1. The summed E-state index contributed by atoms with van der Waals surface area (Å²) in [6, 6.07) is 10.0. The van der Waals surface area contributed by atoms with Crippen LogP contribution in [-0.4, -0.2) is 16.9 Å². The third-order valence-electron chi connectivity index (χ3n) is 5.38. The number of amides is 1. The highest BCUT2D eigenvalue weighted by atomic mass is 35.5. The van der Waals surface area contributed by atoms with E-state index in [0.29, 0.717) is 33.4 Å². The standard InChI is InChI=1S/C26H34Cl2N2O3/c1-3-4-5-6-7-8-9-10-11-12-24(21-17-19(2)13-16-25(21)31)30-33-26(32)29-20-14-15-22(27)23(28)18-20/h13-18,31H,3-12H2,1-2H3,(H,29,32). The van der Waals surface area contributed by atoms with Gasteiger partial charge in [0.25, 0.3) is 0 Å². The number of rotatable bonds is 13. The van der Waals surface area contributed by atoms with Crippen molar-refractivity contribution in [3.63, 3.8) is 0 Å². The van der Waals surface area contributed by atoms with Crippen LogP contribution in [0, 0.1) is 6.92 Å². The van der Waals surface area contributed by atoms with Gasteiger partial charge in [-0.2, -0.15) is 0 Å². The lowest BCUT2D eigenvalue weighted by Crippen LogP contribution is -2.13. The van der Waals surface area contributed by atoms with Gasteiger partial charge in [-0.05, 0) is 50.1 Å². The van der Waals surface area contributed by atoms with Crippen LogP contribution in [0.25, 0.3) is 0 Å². The van der Waals surface area contributed by atoms with Crippen LogP contribution in [-0.2, 0) is 4.84 Å². The lowest BCUT2D eigenvalue weighted by Gasteiger charge is -2.10. The number of benzene rings is 2. The summed E-state index contributed by atoms with van der Waals surface area (Å²) in [5, 5.41) is 17.7. The fraction of sp³-hybridized carbons (Fsp3) is 0.462. The van der Waals surface area contributed by atoms with Crippen molar-refractivity contribution in [2.45, 2.75) is 78.1 Å². The van der Waals surface area contributed by atoms with E-state index in [1.54, 1.807) is 18.2 Å². The number of phenols is 1. The normalized spacial score (nSPS) is 11.5. The molecule has 7 heteroatoms. The van der Waals surface area contributed by atoms with Crippen molar-refractivity contribution in [1.82, 2.24) is 0 Å². The first-order valence-electron chi connectivity index (χ1n) is 11.7. The van der Waals surface area contributed by atoms with Crippen molar-refractivity contribution < 1.29 is 14.7 Å². The Morgan fingerprint density at radius 2 is 1.61 bits per heavy atom. The van der Waals surface area contributed by atoms with E-state index in [4.69, 9.17) is 28.0 Å². The SMILES string of the molecule is CCCCCCCCCCCC(=NOC(=O)Nc1ccc(Cl)c(Cl)c1)c1cc(C)ccc1O. The van der Waals surface area contributed by atoms with Gasteiger partial charge in [0, 0.05) is 11.3 Å². The molecule has 180 valence electrons. The molecular weight excluding hydrogens is 459 g/mol. The summed E-state index contributed by atoms with van der Waals surface area (Å²) in [5.74, 6) is 0.115. The highest BCUT2D eigenvalue weighted by Gasteiger charge is 2.13. The van der Waals surface area contributed by atoms with E-state index < -0.39 is 6.09 Å². The van der Waals surface area contributed by atoms with E-state index in [9.17, 15) is 9.90 Å². The number of aryl methyl sites for hydroxylation is 1. The molecule has 0 saturated heterocycles. The largest absolute Gasteiger partial charge is 0.507 e. The summed E-state index contributed by atoms with van der Waals surface area (Å²) >= 11 is 11.9. The number of aromatic hydroxyl groups is 1. The fourth-order valence-electron chi connectivity index (χ4n) is 3.52. The predicted octanol–water partition coefficient (Wildman–Crippen LogP) is 8.88. The zero-order chi connectivity index (χ0) is 24.1. The molecule has 0 bridgehead atoms. The molecule has 0 aliphatic rings. The van der Waals surface area contributed by atoms with E-state index in [2.05, 4.69) is 17.4 Å². The van der Waals surface area contributed by atoms with Gasteiger partial charge < -0.3 is 5.11 Å². The Balaban J connectivity index is 1.94. The van der Waals surface area contributed by atoms with Crippen LogP contribution in [0.1, 0.15) is 82.3 Å². The first kappa shape index (κ1) is 27.0. The number of hydrogen-bond acceptors (Lipinski definition) is 4. The summed E-state index contributed by atoms with van der Waals surface area (Å²) < 4.78 is 0. The highest BCUT2D eigenvalue weighted by Crippen LogP contribution is 2.25. The average Bonchev–Trinajstić information content (AvgIpc) is 2.79. The Kier molecular flexibility index (Phi) is 12.1. The molecule has 0 spiro atoms. The van der Waals surface area contributed by atoms with Crippen LogP contribution < -0.4 is 5.32 Å². The molecule has 0 saturated carbocycles. The Labute approximate surface area is 207 Å². The van der Waals surface area contributed by atoms with Gasteiger partial charge in [-0.15, -0.1) is 0 Å². The summed E-state index contributed by atoms with van der Waals surface area (Å²) in [6.45, 7) is 4.17. The smallest absolute Gasteiger partial charge is 0.437 e. The van der Waals surface area contributed by atoms with Crippen LogP contribution >= 0.6 is 23.2 Å². The van der Waals surface area contributed by atoms with Gasteiger partial charge in [0.05, 0.1) is 15.8 Å². The van der Waals surface area contributed by atoms with Gasteiger partial charge in [-0.3, -0.25) is 10.2 Å². The first-order chi connectivity index (χ1) is 15.9. The van der Waals surface area contributed by atoms with Crippen molar-refractivity contribution in [2.24, 2.45) is 5.16 Å². The van der Waals surface area contributed by atoms with Gasteiger partial charge >= 0.3 is 6.09 Å². The molecule has 0 unspecified atom stereocenters. The quantitative estimate of drug-likeness (QED) is 0.127. The van der Waals surface area contributed by atoms with Crippen LogP contribution in [0.15, 0.2) is 41.6 Å². The predicted molar refractivity (Wildman–Crippen MR) is 138 cm³/mol. The van der Waals surface area contributed by atoms with Gasteiger partial charge in [0.1, 0.15) is 5.75 Å². The molecule has 5 nitrogen and oxygen atoms in total. The molecular formula is C26H34Cl2N2O3. The van der Waals surface area contributed by atoms with E-state index in [1.807, 2.05) is 19.1 Å². The number of unbranched alkanes of at least 4 members (excludes halogenated alkanes) is 8. The molecule has 2 aromatic carbocycles. The van der Waals surface area contributed by atoms with E-state index in [-0.39, 0.29) is 5.75 Å². The van der Waals surface area contributed by atoms with Crippen molar-refractivity contribution >= 4 is 40.7 Å². The van der Waals surface area contributed by atoms with E-state index >= 15 is 0 Å². The maximum Gasteiger partial charge on any atom is 0.437 e. The molecule has 0 aliphatic carbocycles. The minimum Gasteiger partial charge on any atom is -0.507 e. The lowest BCUT2D eigenvalue weighted by molar-refractivity contribution is 0.166. The monoisotopic (exact) mass is 492 g/mol. The molecule has 0 aliphatic heterocycles. The number of carbonyl (C=O) groups is 1. The van der Waals surface area contributed by atoms with Crippen LogP contribution in [0.2, 0.25) is 10.0 Å². The third kappa shape index (κ3) is 10.1. The molecule has 2 aromatic rings. The van der Waals surface area contributed by atoms with Gasteiger partial charge in [-0.1, -0.05) is 98.3 Å². The Morgan fingerprint density at radius 1 is 0.939 bits per heavy atom. The van der Waals surface area contributed by atoms with Gasteiger partial charge in [-0.25, -0.2) is 4.79 Å². The second-order valence-electron chi connectivity index (χ2n) is 8.27. The van der Waals surface area contributed by atoms with E-state index in [0.717, 1.165) is 24.8 Å². The number of oxime groups is 1. The topological polar surface area (TPSA) is 70.9 Å². The van der Waals surface area contributed by atoms with Gasteiger partial charge in [0.15, 0.2) is 0 Å². The molecule has 0 aromatic heterocycles. The summed E-state index contributed by atoms with van der Waals surface area (Å²) in [5.41, 5.74) is 2.56. The Bertz CT molecular complexity index is 932. The molecule has 0 atom stereocenters. The molecule has 0 fully saturated rings. The van der Waals surface area contributed by atoms with Crippen LogP contribution in [0.5, 0.6) is 5.75 Å². The lowest BCUT2D eigenvalue weighted by atomic mass is 10.00. The number of carbonyl (C=O) groups excluding carboxylic acids is 1. The average molecular weight is 493 g/mol. The van der Waals surface area contributed by atoms with Crippen molar-refractivity contribution in [2.75, 3.05) is 5.32 Å². The number of phenolic OH excluding ortho intramolecular Hbond substituents is 1. The molecule has 0 heterocycles. The molecule has 1 amide bonds. The molecule has 2 N–H and O–H groups in total. The minimum atomic E-state index is -0.745. The summed E-state index contributed by atoms with van der Waals surface area (Å²) in [4.78, 5) is 17.4. The second kappa shape index (κ2) is 14.8. The maximum atomic E-state index is 12.2. The highest BCUT2D eigenvalue weighted by molar-refractivity contribution is 6.42. The van der Waals surface area contributed by atoms with Crippen LogP contribution in [0.4, 0.5) is 10.5 Å². The summed E-state index contributed by atoms with van der Waals surface area (Å²) in [6.07, 6.45) is 10.7. The number of nitrogens with zero attached hydrogens (tertiary/aromatic N) is 1. The zero-order valence-corrected chi connectivity index (χ0v) is 21.0.